The van der Waals surface area contributed by atoms with Crippen LogP contribution in [-0.4, -0.2) is 17.5 Å². The number of carbonyl (C=O) groups excluding carboxylic acids is 2. The van der Waals surface area contributed by atoms with Gasteiger partial charge in [-0.2, -0.15) is 0 Å². The van der Waals surface area contributed by atoms with E-state index in [0.717, 1.165) is 0 Å². The Kier molecular flexibility index (Phi) is 2.37. The van der Waals surface area contributed by atoms with Gasteiger partial charge in [-0.1, -0.05) is 0 Å². The number of amides is 2. The molecule has 1 aliphatic rings. The molecule has 0 saturated heterocycles. The maximum atomic E-state index is 11.3. The summed E-state index contributed by atoms with van der Waals surface area (Å²) < 4.78 is 0. The van der Waals surface area contributed by atoms with E-state index in [1.807, 2.05) is 0 Å². The third-order valence-electron chi connectivity index (χ3n) is 1.83. The number of hydrogen-bond donors (Lipinski definition) is 4. The molecule has 0 aromatic rings. The molecule has 0 atom stereocenters. The van der Waals surface area contributed by atoms with Crippen molar-refractivity contribution in [3.8, 4) is 0 Å². The van der Waals surface area contributed by atoms with Gasteiger partial charge >= 0.3 is 0 Å². The van der Waals surface area contributed by atoms with Gasteiger partial charge in [0, 0.05) is 6.20 Å². The summed E-state index contributed by atoms with van der Waals surface area (Å²) in [6, 6.07) is 0. The zero-order valence-corrected chi connectivity index (χ0v) is 7.55. The van der Waals surface area contributed by atoms with E-state index in [9.17, 15) is 9.59 Å². The summed E-state index contributed by atoms with van der Waals surface area (Å²) >= 11 is 0. The van der Waals surface area contributed by atoms with Crippen LogP contribution in [0.2, 0.25) is 0 Å². The van der Waals surface area contributed by atoms with Crippen LogP contribution in [0, 0.1) is 5.41 Å². The zero-order chi connectivity index (χ0) is 10.9. The molecule has 6 N–H and O–H groups in total. The van der Waals surface area contributed by atoms with Gasteiger partial charge in [-0.15, -0.1) is 0 Å². The molecule has 0 radical (unpaired) electrons. The average molecular weight is 194 g/mol. The van der Waals surface area contributed by atoms with Crippen LogP contribution >= 0.6 is 0 Å². The Balaban J connectivity index is 3.29. The number of nitrogens with two attached hydrogens (primary N) is 2. The number of rotatable bonds is 1. The van der Waals surface area contributed by atoms with Crippen LogP contribution in [0.3, 0.4) is 0 Å². The molecule has 1 rings (SSSR count). The summed E-state index contributed by atoms with van der Waals surface area (Å²) in [6.45, 7) is 1.62. The second kappa shape index (κ2) is 3.33. The molecule has 14 heavy (non-hydrogen) atoms. The predicted molar refractivity (Wildman–Crippen MR) is 50.0 cm³/mol. The molecule has 0 saturated carbocycles. The zero-order valence-electron chi connectivity index (χ0n) is 7.55. The normalized spacial score (nSPS) is 19.9. The molecule has 0 spiro atoms. The van der Waals surface area contributed by atoms with Crippen LogP contribution in [-0.2, 0) is 9.59 Å². The molecule has 74 valence electrons. The van der Waals surface area contributed by atoms with Crippen LogP contribution in [0.25, 0.3) is 0 Å². The van der Waals surface area contributed by atoms with Gasteiger partial charge in [0.1, 0.15) is 5.70 Å². The summed E-state index contributed by atoms with van der Waals surface area (Å²) in [5.41, 5.74) is 10.1. The summed E-state index contributed by atoms with van der Waals surface area (Å²) in [7, 11) is 0. The van der Waals surface area contributed by atoms with Crippen molar-refractivity contribution in [1.29, 1.82) is 5.41 Å². The van der Waals surface area contributed by atoms with E-state index in [2.05, 4.69) is 5.32 Å². The van der Waals surface area contributed by atoms with E-state index < -0.39 is 11.8 Å². The summed E-state index contributed by atoms with van der Waals surface area (Å²) in [4.78, 5) is 22.0. The molecule has 6 heteroatoms. The van der Waals surface area contributed by atoms with E-state index >= 15 is 0 Å². The standard InChI is InChI=1S/C8H10N4O2/c1-3-2-12-8(14)4(5(3)9)6(10)7(11)13/h2,9H,10H2,1H3,(H2,11,13)(H,12,14)/b6-4+,9-5?. The summed E-state index contributed by atoms with van der Waals surface area (Å²) in [5, 5.41) is 9.89. The number of nitrogens with one attached hydrogen (secondary N) is 2. The Hall–Kier alpha value is -2.11. The van der Waals surface area contributed by atoms with Crippen LogP contribution in [0.1, 0.15) is 6.92 Å². The Morgan fingerprint density at radius 2 is 2.07 bits per heavy atom. The first-order valence-electron chi connectivity index (χ1n) is 3.81. The largest absolute Gasteiger partial charge is 0.394 e. The molecule has 0 bridgehead atoms. The number of hydrogen-bond acceptors (Lipinski definition) is 4. The fourth-order valence-electron chi connectivity index (χ4n) is 1.01. The van der Waals surface area contributed by atoms with Gasteiger partial charge in [0.2, 0.25) is 0 Å². The molecular formula is C8H10N4O2. The van der Waals surface area contributed by atoms with Crippen LogP contribution in [0.4, 0.5) is 0 Å². The van der Waals surface area contributed by atoms with E-state index in [1.54, 1.807) is 6.92 Å². The fourth-order valence-corrected chi connectivity index (χ4v) is 1.01. The van der Waals surface area contributed by atoms with Gasteiger partial charge in [0.25, 0.3) is 11.8 Å². The lowest BCUT2D eigenvalue weighted by Gasteiger charge is -2.15. The highest BCUT2D eigenvalue weighted by atomic mass is 16.2. The molecule has 0 aromatic carbocycles. The highest BCUT2D eigenvalue weighted by molar-refractivity contribution is 6.31. The van der Waals surface area contributed by atoms with E-state index in [1.165, 1.54) is 6.20 Å². The second-order valence-electron chi connectivity index (χ2n) is 2.83. The topological polar surface area (TPSA) is 122 Å². The molecule has 1 heterocycles. The van der Waals surface area contributed by atoms with Crippen molar-refractivity contribution in [3.63, 3.8) is 0 Å². The Morgan fingerprint density at radius 1 is 1.50 bits per heavy atom. The monoisotopic (exact) mass is 194 g/mol. The van der Waals surface area contributed by atoms with Crippen molar-refractivity contribution in [2.75, 3.05) is 0 Å². The van der Waals surface area contributed by atoms with Gasteiger partial charge in [-0.3, -0.25) is 15.0 Å². The van der Waals surface area contributed by atoms with Gasteiger partial charge in [-0.05, 0) is 12.5 Å². The third-order valence-corrected chi connectivity index (χ3v) is 1.83. The van der Waals surface area contributed by atoms with Crippen molar-refractivity contribution in [2.45, 2.75) is 6.92 Å². The lowest BCUT2D eigenvalue weighted by Crippen LogP contribution is -2.36. The molecular weight excluding hydrogens is 184 g/mol. The maximum Gasteiger partial charge on any atom is 0.265 e. The highest BCUT2D eigenvalue weighted by Crippen LogP contribution is 2.12. The van der Waals surface area contributed by atoms with Crippen molar-refractivity contribution in [1.82, 2.24) is 5.32 Å². The Bertz CT molecular complexity index is 392. The van der Waals surface area contributed by atoms with Crippen molar-refractivity contribution in [2.24, 2.45) is 11.5 Å². The van der Waals surface area contributed by atoms with Crippen LogP contribution < -0.4 is 16.8 Å². The lowest BCUT2D eigenvalue weighted by molar-refractivity contribution is -0.118. The minimum Gasteiger partial charge on any atom is -0.394 e. The van der Waals surface area contributed by atoms with Crippen molar-refractivity contribution in [3.05, 3.63) is 23.0 Å². The molecule has 0 aromatic heterocycles. The van der Waals surface area contributed by atoms with Gasteiger partial charge in [0.15, 0.2) is 0 Å². The molecule has 0 unspecified atom stereocenters. The number of primary amides is 1. The minimum atomic E-state index is -0.908. The first-order valence-corrected chi connectivity index (χ1v) is 3.81. The maximum absolute atomic E-state index is 11.3. The van der Waals surface area contributed by atoms with Crippen LogP contribution in [0.5, 0.6) is 0 Å². The highest BCUT2D eigenvalue weighted by Gasteiger charge is 2.25. The van der Waals surface area contributed by atoms with Gasteiger partial charge < -0.3 is 16.8 Å². The number of allylic oxidation sites excluding steroid dienone is 1. The predicted octanol–water partition coefficient (Wildman–Crippen LogP) is -1.26. The first-order chi connectivity index (χ1) is 6.45. The number of carbonyl (C=O) groups is 2. The summed E-state index contributed by atoms with van der Waals surface area (Å²) in [6.07, 6.45) is 1.38. The molecule has 6 nitrogen and oxygen atoms in total. The Labute approximate surface area is 80.1 Å². The van der Waals surface area contributed by atoms with Gasteiger partial charge in [0.05, 0.1) is 11.3 Å². The van der Waals surface area contributed by atoms with Crippen LogP contribution in [0.15, 0.2) is 23.0 Å². The smallest absolute Gasteiger partial charge is 0.265 e. The first kappa shape index (κ1) is 9.97. The Morgan fingerprint density at radius 3 is 2.57 bits per heavy atom. The molecule has 1 aliphatic heterocycles. The van der Waals surface area contributed by atoms with E-state index in [0.29, 0.717) is 5.57 Å². The van der Waals surface area contributed by atoms with E-state index in [-0.39, 0.29) is 17.0 Å². The molecule has 0 fully saturated rings. The molecule has 2 amide bonds. The average Bonchev–Trinajstić information content (AvgIpc) is 2.12. The fraction of sp³-hybridized carbons (Fsp3) is 0.125. The minimum absolute atomic E-state index is 0.0787. The lowest BCUT2D eigenvalue weighted by atomic mass is 9.99. The second-order valence-corrected chi connectivity index (χ2v) is 2.83. The quantitative estimate of drug-likeness (QED) is 0.389. The summed E-state index contributed by atoms with van der Waals surface area (Å²) in [5.74, 6) is -1.49. The SMILES string of the molecule is CC1=CNC(=O)/C(=C(/N)C(N)=O)C1=N. The third kappa shape index (κ3) is 1.49. The van der Waals surface area contributed by atoms with Gasteiger partial charge in [-0.25, -0.2) is 0 Å². The van der Waals surface area contributed by atoms with E-state index in [4.69, 9.17) is 16.9 Å². The van der Waals surface area contributed by atoms with Crippen molar-refractivity contribution >= 4 is 17.5 Å². The molecule has 0 aliphatic carbocycles. The van der Waals surface area contributed by atoms with Crippen molar-refractivity contribution < 1.29 is 9.59 Å².